The highest BCUT2D eigenvalue weighted by atomic mass is 35.5. The maximum absolute atomic E-state index is 13.6. The van der Waals surface area contributed by atoms with Crippen molar-refractivity contribution in [3.63, 3.8) is 0 Å². The topological polar surface area (TPSA) is 0 Å². The molecule has 0 heterocycles. The smallest absolute Gasteiger partial charge is 0.169 e. The van der Waals surface area contributed by atoms with E-state index in [4.69, 9.17) is 11.6 Å². The van der Waals surface area contributed by atoms with Crippen LogP contribution in [-0.4, -0.2) is 0 Å². The molecule has 2 aromatic carbocycles. The molecular formula is C15H10ClF3. The van der Waals surface area contributed by atoms with Gasteiger partial charge < -0.3 is 0 Å². The lowest BCUT2D eigenvalue weighted by molar-refractivity contribution is 0.491. The molecule has 0 atom stereocenters. The van der Waals surface area contributed by atoms with Gasteiger partial charge in [0, 0.05) is 5.02 Å². The van der Waals surface area contributed by atoms with Crippen molar-refractivity contribution in [2.24, 2.45) is 0 Å². The van der Waals surface area contributed by atoms with Crippen molar-refractivity contribution in [3.05, 3.63) is 76.6 Å². The van der Waals surface area contributed by atoms with Crippen molar-refractivity contribution >= 4 is 17.2 Å². The summed E-state index contributed by atoms with van der Waals surface area (Å²) >= 11 is 5.74. The van der Waals surface area contributed by atoms with Crippen molar-refractivity contribution in [1.29, 1.82) is 0 Å². The van der Waals surface area contributed by atoms with Crippen LogP contribution in [0.1, 0.15) is 11.1 Å². The number of rotatable bonds is 3. The number of hydrogen-bond donors (Lipinski definition) is 0. The minimum atomic E-state index is -1.21. The molecule has 4 heteroatoms. The van der Waals surface area contributed by atoms with Crippen LogP contribution in [0.3, 0.4) is 0 Å². The van der Waals surface area contributed by atoms with Crippen LogP contribution in [0.15, 0.2) is 43.0 Å². The first-order chi connectivity index (χ1) is 8.99. The Morgan fingerprint density at radius 2 is 1.53 bits per heavy atom. The van der Waals surface area contributed by atoms with Gasteiger partial charge in [-0.1, -0.05) is 30.3 Å². The van der Waals surface area contributed by atoms with Crippen LogP contribution < -0.4 is 0 Å². The summed E-state index contributed by atoms with van der Waals surface area (Å²) in [5, 5.41) is 0.567. The van der Waals surface area contributed by atoms with Crippen molar-refractivity contribution in [3.8, 4) is 0 Å². The van der Waals surface area contributed by atoms with Crippen molar-refractivity contribution in [1.82, 2.24) is 0 Å². The molecule has 0 unspecified atom stereocenters. The first kappa shape index (κ1) is 13.7. The molecule has 0 nitrogen and oxygen atoms in total. The van der Waals surface area contributed by atoms with Crippen LogP contribution in [0.2, 0.25) is 5.02 Å². The van der Waals surface area contributed by atoms with E-state index in [2.05, 4.69) is 6.58 Å². The normalized spacial score (nSPS) is 10.5. The van der Waals surface area contributed by atoms with Crippen molar-refractivity contribution in [2.45, 2.75) is 6.42 Å². The lowest BCUT2D eigenvalue weighted by Crippen LogP contribution is -2.00. The van der Waals surface area contributed by atoms with E-state index in [1.54, 1.807) is 24.3 Å². The fourth-order valence-corrected chi connectivity index (χ4v) is 1.91. The van der Waals surface area contributed by atoms with Crippen molar-refractivity contribution in [2.75, 3.05) is 0 Å². The molecule has 0 fully saturated rings. The molecule has 0 amide bonds. The summed E-state index contributed by atoms with van der Waals surface area (Å²) in [6.07, 6.45) is 0.217. The Morgan fingerprint density at radius 1 is 0.947 bits per heavy atom. The van der Waals surface area contributed by atoms with Gasteiger partial charge in [0.15, 0.2) is 11.6 Å². The molecule has 0 saturated carbocycles. The monoisotopic (exact) mass is 282 g/mol. The number of allylic oxidation sites excluding steroid dienone is 1. The third kappa shape index (κ3) is 2.99. The summed E-state index contributed by atoms with van der Waals surface area (Å²) in [5.41, 5.74) is 0.559. The third-order valence-corrected chi connectivity index (χ3v) is 2.98. The summed E-state index contributed by atoms with van der Waals surface area (Å²) < 4.78 is 40.3. The van der Waals surface area contributed by atoms with Gasteiger partial charge in [0.25, 0.3) is 0 Å². The second-order valence-corrected chi connectivity index (χ2v) is 4.56. The predicted molar refractivity (Wildman–Crippen MR) is 70.5 cm³/mol. The average Bonchev–Trinajstić information content (AvgIpc) is 2.37. The Balaban J connectivity index is 2.30. The minimum absolute atomic E-state index is 0.178. The zero-order valence-corrected chi connectivity index (χ0v) is 10.6. The van der Waals surface area contributed by atoms with Gasteiger partial charge in [0.05, 0.1) is 5.56 Å². The summed E-state index contributed by atoms with van der Waals surface area (Å²) in [4.78, 5) is 0. The summed E-state index contributed by atoms with van der Waals surface area (Å²) in [5.74, 6) is -3.12. The van der Waals surface area contributed by atoms with Crippen LogP contribution in [0, 0.1) is 17.5 Å². The van der Waals surface area contributed by atoms with E-state index in [-0.39, 0.29) is 12.0 Å². The fraction of sp³-hybridized carbons (Fsp3) is 0.0667. The fourth-order valence-electron chi connectivity index (χ4n) is 1.79. The van der Waals surface area contributed by atoms with E-state index >= 15 is 0 Å². The predicted octanol–water partition coefficient (Wildman–Crippen LogP) is 5.01. The molecule has 0 aliphatic rings. The molecule has 0 bridgehead atoms. The van der Waals surface area contributed by atoms with E-state index in [1.165, 1.54) is 0 Å². The van der Waals surface area contributed by atoms with Gasteiger partial charge in [-0.15, -0.1) is 0 Å². The van der Waals surface area contributed by atoms with Gasteiger partial charge in [-0.3, -0.25) is 0 Å². The summed E-state index contributed by atoms with van der Waals surface area (Å²) in [6, 6.07) is 8.43. The second kappa shape index (κ2) is 5.49. The highest BCUT2D eigenvalue weighted by molar-refractivity contribution is 6.30. The molecule has 0 saturated heterocycles. The zero-order valence-electron chi connectivity index (χ0n) is 9.89. The Bertz CT molecular complexity index is 618. The molecule has 2 rings (SSSR count). The molecule has 0 spiro atoms. The number of benzene rings is 2. The molecule has 0 aromatic heterocycles. The van der Waals surface area contributed by atoms with Crippen LogP contribution in [0.25, 0.3) is 5.57 Å². The maximum atomic E-state index is 13.6. The van der Waals surface area contributed by atoms with Gasteiger partial charge in [0.2, 0.25) is 0 Å². The molecule has 0 aliphatic carbocycles. The lowest BCUT2D eigenvalue weighted by atomic mass is 9.98. The van der Waals surface area contributed by atoms with Crippen LogP contribution in [0.5, 0.6) is 0 Å². The number of halogens is 4. The SMILES string of the molecule is C=C(Cc1ccc(Cl)cc1)c1c(F)ccc(F)c1F. The highest BCUT2D eigenvalue weighted by Crippen LogP contribution is 2.25. The van der Waals surface area contributed by atoms with E-state index in [0.29, 0.717) is 5.02 Å². The lowest BCUT2D eigenvalue weighted by Gasteiger charge is -2.09. The Morgan fingerprint density at radius 3 is 2.16 bits per heavy atom. The molecule has 0 radical (unpaired) electrons. The molecular weight excluding hydrogens is 273 g/mol. The first-order valence-corrected chi connectivity index (χ1v) is 5.93. The van der Waals surface area contributed by atoms with Gasteiger partial charge >= 0.3 is 0 Å². The van der Waals surface area contributed by atoms with Crippen LogP contribution >= 0.6 is 11.6 Å². The molecule has 98 valence electrons. The third-order valence-electron chi connectivity index (χ3n) is 2.73. The van der Waals surface area contributed by atoms with Gasteiger partial charge in [-0.2, -0.15) is 0 Å². The second-order valence-electron chi connectivity index (χ2n) is 4.12. The van der Waals surface area contributed by atoms with E-state index in [1.807, 2.05) is 0 Å². The van der Waals surface area contributed by atoms with Crippen LogP contribution in [0.4, 0.5) is 13.2 Å². The Kier molecular flexibility index (Phi) is 3.96. The minimum Gasteiger partial charge on any atom is -0.206 e. The van der Waals surface area contributed by atoms with Gasteiger partial charge in [-0.05, 0) is 41.8 Å². The van der Waals surface area contributed by atoms with E-state index in [0.717, 1.165) is 17.7 Å². The summed E-state index contributed by atoms with van der Waals surface area (Å²) in [6.45, 7) is 3.63. The van der Waals surface area contributed by atoms with Gasteiger partial charge in [-0.25, -0.2) is 13.2 Å². The van der Waals surface area contributed by atoms with E-state index in [9.17, 15) is 13.2 Å². The standard InChI is InChI=1S/C15H10ClF3/c1-9(8-10-2-4-11(16)5-3-10)14-12(17)6-7-13(18)15(14)19/h2-7H,1,8H2. The van der Waals surface area contributed by atoms with Gasteiger partial charge in [0.1, 0.15) is 5.82 Å². The molecule has 0 aliphatic heterocycles. The van der Waals surface area contributed by atoms with Crippen molar-refractivity contribution < 1.29 is 13.2 Å². The quantitative estimate of drug-likeness (QED) is 0.694. The summed E-state index contributed by atoms with van der Waals surface area (Å²) in [7, 11) is 0. The average molecular weight is 283 g/mol. The Labute approximate surface area is 114 Å². The molecule has 0 N–H and O–H groups in total. The maximum Gasteiger partial charge on any atom is 0.169 e. The zero-order chi connectivity index (χ0) is 14.0. The first-order valence-electron chi connectivity index (χ1n) is 5.55. The largest absolute Gasteiger partial charge is 0.206 e. The molecule has 2 aromatic rings. The number of hydrogen-bond acceptors (Lipinski definition) is 0. The Hall–Kier alpha value is -1.74. The van der Waals surface area contributed by atoms with E-state index < -0.39 is 23.0 Å². The highest BCUT2D eigenvalue weighted by Gasteiger charge is 2.16. The van der Waals surface area contributed by atoms with Crippen LogP contribution in [-0.2, 0) is 6.42 Å². The molecule has 19 heavy (non-hydrogen) atoms.